The molecule has 3 rings (SSSR count). The third kappa shape index (κ3) is 4.99. The summed E-state index contributed by atoms with van der Waals surface area (Å²) in [4.78, 5) is 0. The fraction of sp³-hybridized carbons (Fsp3) is 0.143. The van der Waals surface area contributed by atoms with Gasteiger partial charge in [0.2, 0.25) is 0 Å². The minimum absolute atomic E-state index is 0.276. The van der Waals surface area contributed by atoms with Crippen molar-refractivity contribution < 1.29 is 9.13 Å². The van der Waals surface area contributed by atoms with Gasteiger partial charge >= 0.3 is 0 Å². The van der Waals surface area contributed by atoms with Crippen LogP contribution in [0, 0.1) is 12.7 Å². The van der Waals surface area contributed by atoms with Crippen molar-refractivity contribution in [2.75, 3.05) is 5.32 Å². The molecule has 0 unspecified atom stereocenters. The number of ether oxygens (including phenoxy) is 1. The van der Waals surface area contributed by atoms with Gasteiger partial charge in [0.15, 0.2) is 0 Å². The van der Waals surface area contributed by atoms with Crippen LogP contribution in [0.5, 0.6) is 5.75 Å². The molecule has 0 saturated heterocycles. The topological polar surface area (TPSA) is 21.3 Å². The number of hydrogen-bond donors (Lipinski definition) is 1. The predicted molar refractivity (Wildman–Crippen MR) is 108 cm³/mol. The lowest BCUT2D eigenvalue weighted by Gasteiger charge is -2.14. The van der Waals surface area contributed by atoms with Gasteiger partial charge in [-0.3, -0.25) is 0 Å². The molecule has 0 bridgehead atoms. The van der Waals surface area contributed by atoms with Crippen LogP contribution in [0.2, 0.25) is 5.02 Å². The average Bonchev–Trinajstić information content (AvgIpc) is 2.62. The lowest BCUT2D eigenvalue weighted by molar-refractivity contribution is 0.303. The van der Waals surface area contributed by atoms with Gasteiger partial charge in [0, 0.05) is 27.8 Å². The van der Waals surface area contributed by atoms with E-state index in [4.69, 9.17) is 16.3 Å². The number of aryl methyl sites for hydroxylation is 1. The second-order valence-corrected chi connectivity index (χ2v) is 7.32. The Balaban J connectivity index is 1.71. The number of benzene rings is 3. The molecule has 0 atom stereocenters. The second kappa shape index (κ2) is 8.56. The van der Waals surface area contributed by atoms with Crippen LogP contribution in [0.25, 0.3) is 0 Å². The maximum atomic E-state index is 13.2. The van der Waals surface area contributed by atoms with E-state index in [1.807, 2.05) is 30.3 Å². The summed E-state index contributed by atoms with van der Waals surface area (Å²) >= 11 is 9.58. The fourth-order valence-electron chi connectivity index (χ4n) is 2.49. The van der Waals surface area contributed by atoms with Gasteiger partial charge in [-0.2, -0.15) is 0 Å². The van der Waals surface area contributed by atoms with E-state index >= 15 is 0 Å². The van der Waals surface area contributed by atoms with Crippen LogP contribution in [0.3, 0.4) is 0 Å². The summed E-state index contributed by atoms with van der Waals surface area (Å²) in [6.45, 7) is 2.96. The summed E-state index contributed by atoms with van der Waals surface area (Å²) in [5, 5.41) is 3.76. The number of anilines is 1. The molecule has 5 heteroatoms. The monoisotopic (exact) mass is 433 g/mol. The molecular formula is C21H18BrClFNO. The quantitative estimate of drug-likeness (QED) is 0.464. The maximum absolute atomic E-state index is 13.2. The molecule has 0 fully saturated rings. The molecule has 0 amide bonds. The summed E-state index contributed by atoms with van der Waals surface area (Å²) in [5.41, 5.74) is 4.02. The van der Waals surface area contributed by atoms with Gasteiger partial charge in [0.1, 0.15) is 18.2 Å². The first kappa shape index (κ1) is 18.7. The van der Waals surface area contributed by atoms with Crippen molar-refractivity contribution in [3.8, 4) is 5.75 Å². The van der Waals surface area contributed by atoms with Crippen molar-refractivity contribution in [2.45, 2.75) is 20.1 Å². The molecule has 26 heavy (non-hydrogen) atoms. The van der Waals surface area contributed by atoms with Crippen molar-refractivity contribution in [3.05, 3.63) is 92.7 Å². The van der Waals surface area contributed by atoms with Crippen LogP contribution < -0.4 is 10.1 Å². The summed E-state index contributed by atoms with van der Waals surface area (Å²) in [5.74, 6) is 0.401. The van der Waals surface area contributed by atoms with Crippen molar-refractivity contribution >= 4 is 33.2 Å². The Labute approximate surface area is 166 Å². The predicted octanol–water partition coefficient (Wildman–Crippen LogP) is 6.74. The summed E-state index contributed by atoms with van der Waals surface area (Å²) < 4.78 is 20.1. The molecule has 0 radical (unpaired) electrons. The highest BCUT2D eigenvalue weighted by atomic mass is 79.9. The highest BCUT2D eigenvalue weighted by Crippen LogP contribution is 2.26. The molecule has 0 aliphatic carbocycles. The van der Waals surface area contributed by atoms with E-state index in [-0.39, 0.29) is 12.4 Å². The van der Waals surface area contributed by atoms with E-state index in [1.54, 1.807) is 6.07 Å². The number of nitrogens with one attached hydrogen (secondary N) is 1. The highest BCUT2D eigenvalue weighted by Gasteiger charge is 2.08. The maximum Gasteiger partial charge on any atom is 0.124 e. The van der Waals surface area contributed by atoms with Gasteiger partial charge in [-0.25, -0.2) is 4.39 Å². The largest absolute Gasteiger partial charge is 0.488 e. The van der Waals surface area contributed by atoms with Crippen LogP contribution in [-0.2, 0) is 13.2 Å². The lowest BCUT2D eigenvalue weighted by Crippen LogP contribution is -2.04. The highest BCUT2D eigenvalue weighted by molar-refractivity contribution is 9.10. The van der Waals surface area contributed by atoms with Crippen LogP contribution >= 0.6 is 27.5 Å². The molecule has 2 nitrogen and oxygen atoms in total. The van der Waals surface area contributed by atoms with Crippen molar-refractivity contribution in [3.63, 3.8) is 0 Å². The molecule has 0 aliphatic heterocycles. The van der Waals surface area contributed by atoms with Crippen LogP contribution in [0.1, 0.15) is 16.7 Å². The zero-order valence-corrected chi connectivity index (χ0v) is 16.6. The first-order valence-electron chi connectivity index (χ1n) is 8.17. The third-order valence-electron chi connectivity index (χ3n) is 3.96. The zero-order valence-electron chi connectivity index (χ0n) is 14.2. The lowest BCUT2D eigenvalue weighted by atomic mass is 10.1. The Kier molecular flexibility index (Phi) is 6.17. The molecular weight excluding hydrogens is 417 g/mol. The van der Waals surface area contributed by atoms with E-state index in [1.165, 1.54) is 17.7 Å². The number of halogens is 3. The van der Waals surface area contributed by atoms with E-state index in [2.05, 4.69) is 40.3 Å². The smallest absolute Gasteiger partial charge is 0.124 e. The summed E-state index contributed by atoms with van der Waals surface area (Å²) in [6.07, 6.45) is 0. The minimum atomic E-state index is -0.356. The molecule has 0 spiro atoms. The number of rotatable bonds is 6. The molecule has 0 saturated carbocycles. The van der Waals surface area contributed by atoms with Crippen LogP contribution in [0.4, 0.5) is 10.1 Å². The Morgan fingerprint density at radius 1 is 1.00 bits per heavy atom. The molecule has 0 heterocycles. The molecule has 1 N–H and O–H groups in total. The van der Waals surface area contributed by atoms with Gasteiger partial charge in [0.25, 0.3) is 0 Å². The Hall–Kier alpha value is -2.04. The van der Waals surface area contributed by atoms with E-state index in [0.29, 0.717) is 11.6 Å². The minimum Gasteiger partial charge on any atom is -0.488 e. The van der Waals surface area contributed by atoms with Crippen LogP contribution in [0.15, 0.2) is 65.1 Å². The normalized spacial score (nSPS) is 10.6. The average molecular weight is 435 g/mol. The zero-order chi connectivity index (χ0) is 18.5. The summed E-state index contributed by atoms with van der Waals surface area (Å²) in [7, 11) is 0. The van der Waals surface area contributed by atoms with Gasteiger partial charge in [-0.05, 0) is 49.4 Å². The first-order chi connectivity index (χ1) is 12.5. The first-order valence-corrected chi connectivity index (χ1v) is 9.34. The summed E-state index contributed by atoms with van der Waals surface area (Å²) in [6, 6.07) is 18.4. The second-order valence-electron chi connectivity index (χ2n) is 6.00. The van der Waals surface area contributed by atoms with E-state index in [0.717, 1.165) is 27.0 Å². The van der Waals surface area contributed by atoms with Gasteiger partial charge < -0.3 is 10.1 Å². The molecule has 134 valence electrons. The van der Waals surface area contributed by atoms with Crippen molar-refractivity contribution in [2.24, 2.45) is 0 Å². The molecule has 0 aromatic heterocycles. The molecule has 3 aromatic rings. The van der Waals surface area contributed by atoms with Crippen molar-refractivity contribution in [1.82, 2.24) is 0 Å². The molecule has 3 aromatic carbocycles. The standard InChI is InChI=1S/C21H18BrClFNO/c1-14-2-7-19(8-3-14)25-12-16-10-17(22)5-9-21(16)26-13-15-4-6-18(24)11-20(15)23/h2-11,25H,12-13H2,1H3. The Morgan fingerprint density at radius 2 is 1.77 bits per heavy atom. The van der Waals surface area contributed by atoms with Gasteiger partial charge in [-0.15, -0.1) is 0 Å². The fourth-order valence-corrected chi connectivity index (χ4v) is 3.12. The van der Waals surface area contributed by atoms with E-state index in [9.17, 15) is 4.39 Å². The molecule has 0 aliphatic rings. The van der Waals surface area contributed by atoms with Gasteiger partial charge in [-0.1, -0.05) is 51.3 Å². The Morgan fingerprint density at radius 3 is 2.50 bits per heavy atom. The van der Waals surface area contributed by atoms with Crippen LogP contribution in [-0.4, -0.2) is 0 Å². The third-order valence-corrected chi connectivity index (χ3v) is 4.80. The Bertz CT molecular complexity index is 899. The van der Waals surface area contributed by atoms with Gasteiger partial charge in [0.05, 0.1) is 5.02 Å². The van der Waals surface area contributed by atoms with E-state index < -0.39 is 0 Å². The SMILES string of the molecule is Cc1ccc(NCc2cc(Br)ccc2OCc2ccc(F)cc2Cl)cc1. The van der Waals surface area contributed by atoms with Crippen molar-refractivity contribution in [1.29, 1.82) is 0 Å². The number of hydrogen-bond acceptors (Lipinski definition) is 2.